The van der Waals surface area contributed by atoms with Crippen LogP contribution >= 0.6 is 11.8 Å². The number of nitrogens with zero attached hydrogens (tertiary/aromatic N) is 2. The van der Waals surface area contributed by atoms with E-state index in [4.69, 9.17) is 0 Å². The molecular formula is C6H11N3OS. The Hall–Kier alpha value is -0.710. The van der Waals surface area contributed by atoms with Gasteiger partial charge in [0.25, 0.3) is 0 Å². The second kappa shape index (κ2) is 3.13. The number of rotatable bonds is 1. The quantitative estimate of drug-likeness (QED) is 0.571. The number of nitrogens with one attached hydrogen (secondary N) is 1. The zero-order valence-corrected chi connectivity index (χ0v) is 7.60. The molecule has 0 aromatic carbocycles. The molecule has 1 aliphatic heterocycles. The second-order valence-corrected chi connectivity index (χ2v) is 3.83. The Bertz CT molecular complexity index is 202. The van der Waals surface area contributed by atoms with Crippen molar-refractivity contribution in [3.05, 3.63) is 0 Å². The molecule has 1 N–H and O–H groups in total. The lowest BCUT2D eigenvalue weighted by atomic mass is 10.4. The van der Waals surface area contributed by atoms with E-state index in [9.17, 15) is 4.79 Å². The van der Waals surface area contributed by atoms with Crippen molar-refractivity contribution in [2.75, 3.05) is 14.1 Å². The highest BCUT2D eigenvalue weighted by Gasteiger charge is 2.25. The van der Waals surface area contributed by atoms with Crippen LogP contribution in [0.1, 0.15) is 6.92 Å². The average Bonchev–Trinajstić information content (AvgIpc) is 2.10. The van der Waals surface area contributed by atoms with E-state index in [-0.39, 0.29) is 11.2 Å². The molecule has 62 valence electrons. The van der Waals surface area contributed by atoms with Crippen molar-refractivity contribution >= 4 is 22.8 Å². The van der Waals surface area contributed by atoms with E-state index in [0.29, 0.717) is 5.17 Å². The summed E-state index contributed by atoms with van der Waals surface area (Å²) in [5.41, 5.74) is 0. The monoisotopic (exact) mass is 173 g/mol. The molecule has 0 aromatic rings. The van der Waals surface area contributed by atoms with Gasteiger partial charge in [0.1, 0.15) is 0 Å². The zero-order chi connectivity index (χ0) is 8.43. The molecule has 5 heteroatoms. The number of hydrogen-bond donors (Lipinski definition) is 1. The number of carbonyl (C=O) groups excluding carboxylic acids is 1. The smallest absolute Gasteiger partial charge is 0.239 e. The highest BCUT2D eigenvalue weighted by molar-refractivity contribution is 8.15. The summed E-state index contributed by atoms with van der Waals surface area (Å²) in [6.07, 6.45) is 0. The van der Waals surface area contributed by atoms with Gasteiger partial charge in [0, 0.05) is 14.1 Å². The molecule has 0 aromatic heterocycles. The first kappa shape index (κ1) is 8.39. The van der Waals surface area contributed by atoms with Gasteiger partial charge in [-0.3, -0.25) is 4.79 Å². The van der Waals surface area contributed by atoms with Crippen LogP contribution in [0.4, 0.5) is 0 Å². The third kappa shape index (κ3) is 2.11. The van der Waals surface area contributed by atoms with Crippen LogP contribution in [-0.2, 0) is 4.79 Å². The molecule has 1 rings (SSSR count). The number of amides is 1. The molecule has 1 amide bonds. The van der Waals surface area contributed by atoms with Crippen molar-refractivity contribution < 1.29 is 4.79 Å². The van der Waals surface area contributed by atoms with Crippen LogP contribution in [0.2, 0.25) is 0 Å². The Labute approximate surface area is 70.0 Å². The molecule has 1 atom stereocenters. The van der Waals surface area contributed by atoms with Gasteiger partial charge in [-0.15, -0.1) is 0 Å². The lowest BCUT2D eigenvalue weighted by Crippen LogP contribution is -2.24. The van der Waals surface area contributed by atoms with E-state index >= 15 is 0 Å². The molecule has 0 saturated carbocycles. The molecule has 4 nitrogen and oxygen atoms in total. The van der Waals surface area contributed by atoms with E-state index < -0.39 is 0 Å². The van der Waals surface area contributed by atoms with Gasteiger partial charge in [-0.1, -0.05) is 11.8 Å². The minimum atomic E-state index is -0.00583. The van der Waals surface area contributed by atoms with E-state index in [2.05, 4.69) is 10.4 Å². The number of carbonyl (C=O) groups is 1. The van der Waals surface area contributed by atoms with Crippen LogP contribution in [0, 0.1) is 0 Å². The summed E-state index contributed by atoms with van der Waals surface area (Å²) in [4.78, 5) is 10.9. The van der Waals surface area contributed by atoms with Crippen LogP contribution in [0.5, 0.6) is 0 Å². The minimum Gasteiger partial charge on any atom is -0.303 e. The zero-order valence-electron chi connectivity index (χ0n) is 6.79. The predicted octanol–water partition coefficient (Wildman–Crippen LogP) is 0.0705. The number of hydrogen-bond acceptors (Lipinski definition) is 4. The Morgan fingerprint density at radius 1 is 1.64 bits per heavy atom. The van der Waals surface area contributed by atoms with E-state index in [1.807, 2.05) is 21.0 Å². The van der Waals surface area contributed by atoms with Gasteiger partial charge < -0.3 is 10.3 Å². The SMILES string of the molecule is CC1S/C(=N\N(C)C)NC1=O. The number of amidine groups is 1. The van der Waals surface area contributed by atoms with Gasteiger partial charge >= 0.3 is 0 Å². The Kier molecular flexibility index (Phi) is 2.38. The van der Waals surface area contributed by atoms with Crippen molar-refractivity contribution in [2.45, 2.75) is 12.2 Å². The van der Waals surface area contributed by atoms with E-state index in [0.717, 1.165) is 0 Å². The fourth-order valence-corrected chi connectivity index (χ4v) is 1.56. The first-order valence-corrected chi connectivity index (χ1v) is 4.21. The van der Waals surface area contributed by atoms with Crippen molar-refractivity contribution in [2.24, 2.45) is 5.10 Å². The van der Waals surface area contributed by atoms with Crippen LogP contribution in [0.3, 0.4) is 0 Å². The fraction of sp³-hybridized carbons (Fsp3) is 0.667. The minimum absolute atomic E-state index is 0.00583. The van der Waals surface area contributed by atoms with Crippen LogP contribution in [0.15, 0.2) is 5.10 Å². The van der Waals surface area contributed by atoms with Crippen molar-refractivity contribution in [1.82, 2.24) is 10.3 Å². The van der Waals surface area contributed by atoms with Crippen molar-refractivity contribution in [1.29, 1.82) is 0 Å². The van der Waals surface area contributed by atoms with Gasteiger partial charge in [-0.05, 0) is 6.92 Å². The molecule has 1 unspecified atom stereocenters. The molecule has 11 heavy (non-hydrogen) atoms. The normalized spacial score (nSPS) is 27.4. The Balaban J connectivity index is 2.60. The van der Waals surface area contributed by atoms with Gasteiger partial charge in [-0.25, -0.2) is 0 Å². The third-order valence-corrected chi connectivity index (χ3v) is 2.15. The molecule has 0 aliphatic carbocycles. The first-order valence-electron chi connectivity index (χ1n) is 3.33. The largest absolute Gasteiger partial charge is 0.303 e. The molecule has 1 aliphatic rings. The summed E-state index contributed by atoms with van der Waals surface area (Å²) in [7, 11) is 3.64. The van der Waals surface area contributed by atoms with Crippen molar-refractivity contribution in [3.8, 4) is 0 Å². The van der Waals surface area contributed by atoms with Crippen LogP contribution < -0.4 is 5.32 Å². The molecule has 1 heterocycles. The second-order valence-electron chi connectivity index (χ2n) is 2.50. The maximum absolute atomic E-state index is 10.9. The number of thioether (sulfide) groups is 1. The molecular weight excluding hydrogens is 162 g/mol. The summed E-state index contributed by atoms with van der Waals surface area (Å²) in [5.74, 6) is 0.0376. The summed E-state index contributed by atoms with van der Waals surface area (Å²) < 4.78 is 0. The molecule has 0 bridgehead atoms. The topological polar surface area (TPSA) is 44.7 Å². The van der Waals surface area contributed by atoms with Gasteiger partial charge in [-0.2, -0.15) is 5.10 Å². The Morgan fingerprint density at radius 3 is 2.64 bits per heavy atom. The summed E-state index contributed by atoms with van der Waals surface area (Å²) in [5, 5.41) is 9.07. The highest BCUT2D eigenvalue weighted by Crippen LogP contribution is 2.17. The maximum Gasteiger partial charge on any atom is 0.239 e. The lowest BCUT2D eigenvalue weighted by molar-refractivity contribution is -0.118. The summed E-state index contributed by atoms with van der Waals surface area (Å²) in [6, 6.07) is 0. The highest BCUT2D eigenvalue weighted by atomic mass is 32.2. The van der Waals surface area contributed by atoms with Gasteiger partial charge in [0.15, 0.2) is 5.17 Å². The Morgan fingerprint density at radius 2 is 2.27 bits per heavy atom. The van der Waals surface area contributed by atoms with Crippen LogP contribution in [-0.4, -0.2) is 35.4 Å². The molecule has 1 saturated heterocycles. The van der Waals surface area contributed by atoms with Gasteiger partial charge in [0.05, 0.1) is 5.25 Å². The van der Waals surface area contributed by atoms with E-state index in [1.165, 1.54) is 11.8 Å². The fourth-order valence-electron chi connectivity index (χ4n) is 0.688. The first-order chi connectivity index (χ1) is 5.09. The maximum atomic E-state index is 10.9. The lowest BCUT2D eigenvalue weighted by Gasteiger charge is -2.03. The third-order valence-electron chi connectivity index (χ3n) is 1.18. The van der Waals surface area contributed by atoms with Crippen LogP contribution in [0.25, 0.3) is 0 Å². The molecule has 0 radical (unpaired) electrons. The average molecular weight is 173 g/mol. The van der Waals surface area contributed by atoms with Crippen molar-refractivity contribution in [3.63, 3.8) is 0 Å². The molecule has 0 spiro atoms. The number of hydrazone groups is 1. The standard InChI is InChI=1S/C6H11N3OS/c1-4-5(10)7-6(11-4)8-9(2)3/h4H,1-3H3,(H,7,8,10). The van der Waals surface area contributed by atoms with Gasteiger partial charge in [0.2, 0.25) is 5.91 Å². The molecule has 1 fully saturated rings. The van der Waals surface area contributed by atoms with E-state index in [1.54, 1.807) is 5.01 Å². The predicted molar refractivity (Wildman–Crippen MR) is 46.3 cm³/mol. The summed E-state index contributed by atoms with van der Waals surface area (Å²) in [6.45, 7) is 1.86. The summed E-state index contributed by atoms with van der Waals surface area (Å²) >= 11 is 1.45.